The van der Waals surface area contributed by atoms with E-state index in [2.05, 4.69) is 15.6 Å². The summed E-state index contributed by atoms with van der Waals surface area (Å²) >= 11 is 12.2. The Morgan fingerprint density at radius 1 is 0.960 bits per heavy atom. The van der Waals surface area contributed by atoms with Crippen molar-refractivity contribution in [2.45, 2.75) is 6.92 Å². The molecule has 0 fully saturated rings. The predicted octanol–water partition coefficient (Wildman–Crippen LogP) is 5.69. The highest BCUT2D eigenvalue weighted by molar-refractivity contribution is 6.33. The molecule has 126 valence electrons. The van der Waals surface area contributed by atoms with E-state index in [1.54, 1.807) is 30.5 Å². The van der Waals surface area contributed by atoms with Gasteiger partial charge in [-0.1, -0.05) is 41.4 Å². The Hall–Kier alpha value is -2.56. The summed E-state index contributed by atoms with van der Waals surface area (Å²) in [5.74, 6) is -0.268. The fraction of sp³-hybridized carbons (Fsp3) is 0.0526. The Morgan fingerprint density at radius 2 is 1.76 bits per heavy atom. The van der Waals surface area contributed by atoms with Crippen molar-refractivity contribution in [3.8, 4) is 0 Å². The lowest BCUT2D eigenvalue weighted by molar-refractivity contribution is 0.102. The van der Waals surface area contributed by atoms with Crippen LogP contribution in [0.3, 0.4) is 0 Å². The number of carbonyl (C=O) groups is 1. The third kappa shape index (κ3) is 4.29. The normalized spacial score (nSPS) is 10.4. The molecule has 6 heteroatoms. The number of nitrogens with zero attached hydrogens (tertiary/aromatic N) is 1. The first-order valence-electron chi connectivity index (χ1n) is 7.57. The van der Waals surface area contributed by atoms with Crippen molar-refractivity contribution in [2.24, 2.45) is 0 Å². The molecule has 2 N–H and O–H groups in total. The zero-order valence-corrected chi connectivity index (χ0v) is 14.9. The largest absolute Gasteiger partial charge is 0.353 e. The van der Waals surface area contributed by atoms with Gasteiger partial charge in [0.2, 0.25) is 0 Å². The number of aromatic nitrogens is 1. The van der Waals surface area contributed by atoms with E-state index in [0.717, 1.165) is 11.3 Å². The van der Waals surface area contributed by atoms with Gasteiger partial charge in [-0.3, -0.25) is 9.78 Å². The molecule has 0 atom stereocenters. The van der Waals surface area contributed by atoms with Gasteiger partial charge < -0.3 is 10.6 Å². The first-order valence-corrected chi connectivity index (χ1v) is 8.32. The van der Waals surface area contributed by atoms with Gasteiger partial charge in [-0.15, -0.1) is 0 Å². The summed E-state index contributed by atoms with van der Waals surface area (Å²) in [6, 6.07) is 14.4. The van der Waals surface area contributed by atoms with Crippen molar-refractivity contribution >= 4 is 46.2 Å². The minimum absolute atomic E-state index is 0.268. The smallest absolute Gasteiger partial charge is 0.257 e. The van der Waals surface area contributed by atoms with Gasteiger partial charge >= 0.3 is 0 Å². The number of para-hydroxylation sites is 1. The van der Waals surface area contributed by atoms with Crippen molar-refractivity contribution in [1.82, 2.24) is 4.98 Å². The number of carbonyl (C=O) groups excluding carboxylic acids is 1. The van der Waals surface area contributed by atoms with E-state index in [4.69, 9.17) is 23.2 Å². The Kier molecular flexibility index (Phi) is 5.22. The molecule has 4 nitrogen and oxygen atoms in total. The lowest BCUT2D eigenvalue weighted by Gasteiger charge is -2.10. The maximum Gasteiger partial charge on any atom is 0.257 e. The van der Waals surface area contributed by atoms with Gasteiger partial charge in [0.1, 0.15) is 0 Å². The Morgan fingerprint density at radius 3 is 2.52 bits per heavy atom. The summed E-state index contributed by atoms with van der Waals surface area (Å²) in [5, 5.41) is 7.16. The summed E-state index contributed by atoms with van der Waals surface area (Å²) in [6.07, 6.45) is 3.13. The van der Waals surface area contributed by atoms with E-state index in [1.807, 2.05) is 31.2 Å². The van der Waals surface area contributed by atoms with Crippen LogP contribution in [0.2, 0.25) is 10.0 Å². The highest BCUT2D eigenvalue weighted by Crippen LogP contribution is 2.25. The van der Waals surface area contributed by atoms with Crippen LogP contribution in [-0.2, 0) is 0 Å². The fourth-order valence-corrected chi connectivity index (χ4v) is 2.59. The van der Waals surface area contributed by atoms with Crippen LogP contribution in [0.1, 0.15) is 15.9 Å². The van der Waals surface area contributed by atoms with Crippen LogP contribution >= 0.6 is 23.2 Å². The minimum Gasteiger partial charge on any atom is -0.353 e. The quantitative estimate of drug-likeness (QED) is 0.618. The van der Waals surface area contributed by atoms with E-state index < -0.39 is 0 Å². The number of anilines is 3. The number of aryl methyl sites for hydroxylation is 1. The molecule has 1 amide bonds. The van der Waals surface area contributed by atoms with Crippen LogP contribution in [0, 0.1) is 6.92 Å². The van der Waals surface area contributed by atoms with Gasteiger partial charge in [-0.05, 0) is 42.8 Å². The Labute approximate surface area is 155 Å². The van der Waals surface area contributed by atoms with Gasteiger partial charge in [-0.25, -0.2) is 0 Å². The average Bonchev–Trinajstić information content (AvgIpc) is 2.60. The number of benzene rings is 2. The lowest BCUT2D eigenvalue weighted by atomic mass is 10.2. The molecule has 0 aliphatic carbocycles. The lowest BCUT2D eigenvalue weighted by Crippen LogP contribution is -2.12. The molecule has 0 bridgehead atoms. The first-order chi connectivity index (χ1) is 12.0. The number of hydrogen-bond acceptors (Lipinski definition) is 3. The highest BCUT2D eigenvalue weighted by atomic mass is 35.5. The second-order valence-electron chi connectivity index (χ2n) is 5.49. The molecule has 1 aromatic heterocycles. The van der Waals surface area contributed by atoms with Gasteiger partial charge in [0.15, 0.2) is 0 Å². The third-order valence-corrected chi connectivity index (χ3v) is 4.32. The van der Waals surface area contributed by atoms with Gasteiger partial charge in [0, 0.05) is 16.9 Å². The Balaban J connectivity index is 1.77. The van der Waals surface area contributed by atoms with E-state index in [-0.39, 0.29) is 5.91 Å². The van der Waals surface area contributed by atoms with E-state index in [9.17, 15) is 4.79 Å². The number of halogens is 2. The van der Waals surface area contributed by atoms with Crippen molar-refractivity contribution in [3.05, 3.63) is 82.1 Å². The van der Waals surface area contributed by atoms with Crippen LogP contribution in [0.5, 0.6) is 0 Å². The SMILES string of the molecule is Cc1ccc(NC(=O)c2cncc(Nc3ccccc3Cl)c2)cc1Cl. The second-order valence-corrected chi connectivity index (χ2v) is 6.30. The van der Waals surface area contributed by atoms with Gasteiger partial charge in [0.25, 0.3) is 5.91 Å². The van der Waals surface area contributed by atoms with Crippen LogP contribution in [0.15, 0.2) is 60.9 Å². The minimum atomic E-state index is -0.268. The van der Waals surface area contributed by atoms with E-state index in [0.29, 0.717) is 27.0 Å². The standard InChI is InChI=1S/C19H15Cl2N3O/c1-12-6-7-14(9-17(12)21)24-19(25)13-8-15(11-22-10-13)23-18-5-3-2-4-16(18)20/h2-11,23H,1H3,(H,24,25). The first kappa shape index (κ1) is 17.3. The molecule has 0 saturated carbocycles. The molecule has 1 heterocycles. The summed E-state index contributed by atoms with van der Waals surface area (Å²) in [6.45, 7) is 1.90. The molecule has 2 aromatic carbocycles. The van der Waals surface area contributed by atoms with Crippen LogP contribution in [0.4, 0.5) is 17.1 Å². The zero-order valence-electron chi connectivity index (χ0n) is 13.4. The fourth-order valence-electron chi connectivity index (χ4n) is 2.22. The third-order valence-electron chi connectivity index (χ3n) is 3.58. The molecule has 0 unspecified atom stereocenters. The van der Waals surface area contributed by atoms with Crippen molar-refractivity contribution in [2.75, 3.05) is 10.6 Å². The number of rotatable bonds is 4. The summed E-state index contributed by atoms with van der Waals surface area (Å²) in [5.41, 5.74) is 3.42. The summed E-state index contributed by atoms with van der Waals surface area (Å²) in [7, 11) is 0. The molecule has 0 spiro atoms. The van der Waals surface area contributed by atoms with Crippen molar-refractivity contribution < 1.29 is 4.79 Å². The zero-order chi connectivity index (χ0) is 17.8. The maximum atomic E-state index is 12.4. The number of nitrogens with one attached hydrogen (secondary N) is 2. The summed E-state index contributed by atoms with van der Waals surface area (Å²) in [4.78, 5) is 16.5. The number of pyridine rings is 1. The van der Waals surface area contributed by atoms with Crippen LogP contribution in [-0.4, -0.2) is 10.9 Å². The molecule has 0 radical (unpaired) electrons. The molecule has 3 aromatic rings. The maximum absolute atomic E-state index is 12.4. The molecular formula is C19H15Cl2N3O. The molecular weight excluding hydrogens is 357 g/mol. The topological polar surface area (TPSA) is 54.0 Å². The molecule has 0 aliphatic rings. The number of amides is 1. The predicted molar refractivity (Wildman–Crippen MR) is 103 cm³/mol. The molecule has 3 rings (SSSR count). The molecule has 0 saturated heterocycles. The summed E-state index contributed by atoms with van der Waals surface area (Å²) < 4.78 is 0. The Bertz CT molecular complexity index is 928. The average molecular weight is 372 g/mol. The second kappa shape index (κ2) is 7.55. The van der Waals surface area contributed by atoms with Crippen molar-refractivity contribution in [1.29, 1.82) is 0 Å². The molecule has 25 heavy (non-hydrogen) atoms. The highest BCUT2D eigenvalue weighted by Gasteiger charge is 2.09. The monoisotopic (exact) mass is 371 g/mol. The number of hydrogen-bond donors (Lipinski definition) is 2. The molecule has 0 aliphatic heterocycles. The van der Waals surface area contributed by atoms with Crippen LogP contribution < -0.4 is 10.6 Å². The van der Waals surface area contributed by atoms with E-state index >= 15 is 0 Å². The van der Waals surface area contributed by atoms with E-state index in [1.165, 1.54) is 6.20 Å². The van der Waals surface area contributed by atoms with Crippen LogP contribution in [0.25, 0.3) is 0 Å². The van der Waals surface area contributed by atoms with Gasteiger partial charge in [-0.2, -0.15) is 0 Å². The van der Waals surface area contributed by atoms with Gasteiger partial charge in [0.05, 0.1) is 28.2 Å². The van der Waals surface area contributed by atoms with Crippen molar-refractivity contribution in [3.63, 3.8) is 0 Å².